The number of halogens is 2. The van der Waals surface area contributed by atoms with Gasteiger partial charge in [-0.05, 0) is 51.7 Å². The Kier molecular flexibility index (Phi) is 5.62. The first-order valence-corrected chi connectivity index (χ1v) is 7.75. The average molecular weight is 352 g/mol. The van der Waals surface area contributed by atoms with Crippen molar-refractivity contribution >= 4 is 21.6 Å². The molecule has 0 spiro atoms. The van der Waals surface area contributed by atoms with Crippen LogP contribution in [0.25, 0.3) is 0 Å². The van der Waals surface area contributed by atoms with Crippen LogP contribution in [-0.4, -0.2) is 6.61 Å². The van der Waals surface area contributed by atoms with Gasteiger partial charge in [-0.1, -0.05) is 32.0 Å². The highest BCUT2D eigenvalue weighted by molar-refractivity contribution is 9.10. The minimum atomic E-state index is -0.251. The summed E-state index contributed by atoms with van der Waals surface area (Å²) in [4.78, 5) is 0. The molecule has 2 nitrogen and oxygen atoms in total. The molecule has 0 unspecified atom stereocenters. The second-order valence-electron chi connectivity index (χ2n) is 5.30. The maximum Gasteiger partial charge on any atom is 0.142 e. The molecule has 0 atom stereocenters. The molecular formula is C17H19BrFNO. The monoisotopic (exact) mass is 351 g/mol. The van der Waals surface area contributed by atoms with E-state index in [1.54, 1.807) is 12.1 Å². The molecule has 0 saturated carbocycles. The summed E-state index contributed by atoms with van der Waals surface area (Å²) in [5, 5.41) is 3.33. The SMILES string of the molecule is CC(C)COc1ccccc1NCc1ccc(F)c(Br)c1. The van der Waals surface area contributed by atoms with E-state index < -0.39 is 0 Å². The molecule has 0 fully saturated rings. The number of ether oxygens (including phenoxy) is 1. The maximum absolute atomic E-state index is 13.2. The third kappa shape index (κ3) is 4.74. The van der Waals surface area contributed by atoms with Gasteiger partial charge in [0.25, 0.3) is 0 Å². The molecule has 0 aliphatic heterocycles. The van der Waals surface area contributed by atoms with Crippen molar-refractivity contribution in [2.45, 2.75) is 20.4 Å². The molecule has 2 aromatic rings. The number of rotatable bonds is 6. The van der Waals surface area contributed by atoms with E-state index in [-0.39, 0.29) is 5.82 Å². The lowest BCUT2D eigenvalue weighted by Crippen LogP contribution is -2.07. The molecule has 0 aliphatic carbocycles. The molecule has 0 amide bonds. The van der Waals surface area contributed by atoms with Crippen molar-refractivity contribution in [1.82, 2.24) is 0 Å². The van der Waals surface area contributed by atoms with Gasteiger partial charge in [0.1, 0.15) is 11.6 Å². The van der Waals surface area contributed by atoms with Gasteiger partial charge >= 0.3 is 0 Å². The van der Waals surface area contributed by atoms with E-state index in [4.69, 9.17) is 4.74 Å². The lowest BCUT2D eigenvalue weighted by Gasteiger charge is -2.14. The van der Waals surface area contributed by atoms with Crippen LogP contribution in [0.5, 0.6) is 5.75 Å². The van der Waals surface area contributed by atoms with Crippen molar-refractivity contribution in [3.63, 3.8) is 0 Å². The summed E-state index contributed by atoms with van der Waals surface area (Å²) >= 11 is 3.20. The number of hydrogen-bond donors (Lipinski definition) is 1. The fourth-order valence-corrected chi connectivity index (χ4v) is 2.27. The Morgan fingerprint density at radius 3 is 2.67 bits per heavy atom. The van der Waals surface area contributed by atoms with Crippen molar-refractivity contribution in [3.8, 4) is 5.75 Å². The topological polar surface area (TPSA) is 21.3 Å². The van der Waals surface area contributed by atoms with Crippen LogP contribution in [0.3, 0.4) is 0 Å². The molecule has 0 radical (unpaired) electrons. The van der Waals surface area contributed by atoms with E-state index >= 15 is 0 Å². The first-order valence-electron chi connectivity index (χ1n) is 6.96. The third-order valence-corrected chi connectivity index (χ3v) is 3.53. The van der Waals surface area contributed by atoms with Crippen LogP contribution >= 0.6 is 15.9 Å². The molecule has 2 aromatic carbocycles. The van der Waals surface area contributed by atoms with Gasteiger partial charge in [0.2, 0.25) is 0 Å². The highest BCUT2D eigenvalue weighted by atomic mass is 79.9. The Bertz CT molecular complexity index is 601. The Morgan fingerprint density at radius 2 is 1.95 bits per heavy atom. The number of nitrogens with one attached hydrogen (secondary N) is 1. The second kappa shape index (κ2) is 7.46. The molecule has 4 heteroatoms. The van der Waals surface area contributed by atoms with Crippen molar-refractivity contribution in [3.05, 3.63) is 58.3 Å². The lowest BCUT2D eigenvalue weighted by molar-refractivity contribution is 0.272. The van der Waals surface area contributed by atoms with E-state index in [2.05, 4.69) is 35.1 Å². The van der Waals surface area contributed by atoms with Crippen molar-refractivity contribution < 1.29 is 9.13 Å². The van der Waals surface area contributed by atoms with E-state index in [9.17, 15) is 4.39 Å². The van der Waals surface area contributed by atoms with Gasteiger partial charge in [0.15, 0.2) is 0 Å². The molecule has 0 saturated heterocycles. The summed E-state index contributed by atoms with van der Waals surface area (Å²) in [6, 6.07) is 12.9. The molecular weight excluding hydrogens is 333 g/mol. The maximum atomic E-state index is 13.2. The smallest absolute Gasteiger partial charge is 0.142 e. The van der Waals surface area contributed by atoms with E-state index in [1.165, 1.54) is 6.07 Å². The predicted molar refractivity (Wildman–Crippen MR) is 88.2 cm³/mol. The Balaban J connectivity index is 2.03. The summed E-state index contributed by atoms with van der Waals surface area (Å²) in [7, 11) is 0. The quantitative estimate of drug-likeness (QED) is 0.768. The van der Waals surface area contributed by atoms with Crippen LogP contribution in [0.2, 0.25) is 0 Å². The summed E-state index contributed by atoms with van der Waals surface area (Å²) in [5.41, 5.74) is 1.94. The van der Waals surface area contributed by atoms with Crippen molar-refractivity contribution in [2.24, 2.45) is 5.92 Å². The fourth-order valence-electron chi connectivity index (χ4n) is 1.84. The molecule has 0 aromatic heterocycles. The van der Waals surface area contributed by atoms with E-state index in [0.29, 0.717) is 23.5 Å². The summed E-state index contributed by atoms with van der Waals surface area (Å²) in [6.07, 6.45) is 0. The standard InChI is InChI=1S/C17H19BrFNO/c1-12(2)11-21-17-6-4-3-5-16(17)20-10-13-7-8-15(19)14(18)9-13/h3-9,12,20H,10-11H2,1-2H3. The molecule has 112 valence electrons. The van der Waals surface area contributed by atoms with Gasteiger partial charge in [-0.3, -0.25) is 0 Å². The minimum absolute atomic E-state index is 0.251. The number of anilines is 1. The molecule has 0 heterocycles. The second-order valence-corrected chi connectivity index (χ2v) is 6.16. The summed E-state index contributed by atoms with van der Waals surface area (Å²) in [6.45, 7) is 5.53. The highest BCUT2D eigenvalue weighted by Gasteiger charge is 2.05. The zero-order chi connectivity index (χ0) is 15.2. The van der Waals surface area contributed by atoms with Crippen LogP contribution in [0.4, 0.5) is 10.1 Å². The zero-order valence-electron chi connectivity index (χ0n) is 12.2. The van der Waals surface area contributed by atoms with Crippen molar-refractivity contribution in [2.75, 3.05) is 11.9 Å². The normalized spacial score (nSPS) is 10.7. The first kappa shape index (κ1) is 15.8. The summed E-state index contributed by atoms with van der Waals surface area (Å²) < 4.78 is 19.5. The first-order chi connectivity index (χ1) is 10.1. The highest BCUT2D eigenvalue weighted by Crippen LogP contribution is 2.25. The van der Waals surface area contributed by atoms with Gasteiger partial charge in [-0.15, -0.1) is 0 Å². The van der Waals surface area contributed by atoms with E-state index in [0.717, 1.165) is 17.0 Å². The number of benzene rings is 2. The summed E-state index contributed by atoms with van der Waals surface area (Å²) in [5.74, 6) is 1.07. The van der Waals surface area contributed by atoms with Crippen LogP contribution in [0.15, 0.2) is 46.9 Å². The minimum Gasteiger partial charge on any atom is -0.491 e. The lowest BCUT2D eigenvalue weighted by atomic mass is 10.2. The van der Waals surface area contributed by atoms with Crippen molar-refractivity contribution in [1.29, 1.82) is 0 Å². The number of para-hydroxylation sites is 2. The Hall–Kier alpha value is -1.55. The van der Waals surface area contributed by atoms with E-state index in [1.807, 2.05) is 24.3 Å². The largest absolute Gasteiger partial charge is 0.491 e. The molecule has 0 aliphatic rings. The molecule has 1 N–H and O–H groups in total. The van der Waals surface area contributed by atoms with Gasteiger partial charge < -0.3 is 10.1 Å². The van der Waals surface area contributed by atoms with Gasteiger partial charge in [-0.25, -0.2) is 4.39 Å². The van der Waals surface area contributed by atoms with Gasteiger partial charge in [0, 0.05) is 6.54 Å². The molecule has 21 heavy (non-hydrogen) atoms. The molecule has 0 bridgehead atoms. The zero-order valence-corrected chi connectivity index (χ0v) is 13.8. The van der Waals surface area contributed by atoms with Gasteiger partial charge in [-0.2, -0.15) is 0 Å². The van der Waals surface area contributed by atoms with Crippen LogP contribution in [-0.2, 0) is 6.54 Å². The fraction of sp³-hybridized carbons (Fsp3) is 0.294. The van der Waals surface area contributed by atoms with Gasteiger partial charge in [0.05, 0.1) is 16.8 Å². The third-order valence-electron chi connectivity index (χ3n) is 2.93. The predicted octanol–water partition coefficient (Wildman–Crippen LogP) is 5.24. The van der Waals surface area contributed by atoms with Crippen LogP contribution in [0, 0.1) is 11.7 Å². The van der Waals surface area contributed by atoms with Crippen LogP contribution in [0.1, 0.15) is 19.4 Å². The Labute approximate surface area is 133 Å². The molecule has 2 rings (SSSR count). The number of hydrogen-bond acceptors (Lipinski definition) is 2. The van der Waals surface area contributed by atoms with Crippen LogP contribution < -0.4 is 10.1 Å². The average Bonchev–Trinajstić information content (AvgIpc) is 2.47. The Morgan fingerprint density at radius 1 is 1.19 bits per heavy atom.